The lowest BCUT2D eigenvalue weighted by molar-refractivity contribution is 0.100. The number of aromatic nitrogens is 1. The van der Waals surface area contributed by atoms with Crippen LogP contribution in [0.1, 0.15) is 16.1 Å². The van der Waals surface area contributed by atoms with Crippen molar-refractivity contribution >= 4 is 28.8 Å². The van der Waals surface area contributed by atoms with Crippen LogP contribution < -0.4 is 11.1 Å². The second-order valence-corrected chi connectivity index (χ2v) is 3.86. The van der Waals surface area contributed by atoms with Gasteiger partial charge in [0, 0.05) is 6.20 Å². The number of hydrogen-bond donors (Lipinski definition) is 3. The Bertz CT molecular complexity index is 549. The van der Waals surface area contributed by atoms with Gasteiger partial charge in [0.15, 0.2) is 0 Å². The normalized spacial score (nSPS) is 9.88. The molecule has 0 saturated heterocycles. The Kier molecular flexibility index (Phi) is 3.20. The highest BCUT2D eigenvalue weighted by molar-refractivity contribution is 7.81. The van der Waals surface area contributed by atoms with Crippen LogP contribution >= 0.6 is 12.2 Å². The van der Waals surface area contributed by atoms with Gasteiger partial charge in [0.25, 0.3) is 5.91 Å². The highest BCUT2D eigenvalue weighted by Gasteiger charge is 2.09. The van der Waals surface area contributed by atoms with Crippen LogP contribution in [0.4, 0.5) is 5.69 Å². The summed E-state index contributed by atoms with van der Waals surface area (Å²) in [5.74, 6) is -0.484. The fourth-order valence-corrected chi connectivity index (χ4v) is 1.71. The minimum Gasteiger partial charge on any atom is -0.366 e. The number of aromatic amines is 1. The van der Waals surface area contributed by atoms with E-state index in [0.29, 0.717) is 16.2 Å². The summed E-state index contributed by atoms with van der Waals surface area (Å²) in [5, 5.41) is 2.99. The molecule has 0 aliphatic heterocycles. The van der Waals surface area contributed by atoms with Gasteiger partial charge in [-0.2, -0.15) is 0 Å². The van der Waals surface area contributed by atoms with Gasteiger partial charge in [-0.25, -0.2) is 0 Å². The van der Waals surface area contributed by atoms with Crippen LogP contribution in [-0.2, 0) is 0 Å². The average molecular weight is 245 g/mol. The largest absolute Gasteiger partial charge is 0.366 e. The van der Waals surface area contributed by atoms with Crippen LogP contribution in [0.15, 0.2) is 42.6 Å². The number of carbonyl (C=O) groups excluding carboxylic acids is 1. The number of H-pyrrole nitrogens is 1. The molecule has 0 unspecified atom stereocenters. The first-order chi connectivity index (χ1) is 8.18. The average Bonchev–Trinajstić information content (AvgIpc) is 2.83. The standard InChI is InChI=1S/C12H11N3OS/c13-11(16)8-4-1-2-5-9(8)15-12(17)10-6-3-7-14-10/h1-7,14H,(H2,13,16)(H,15,17). The van der Waals surface area contributed by atoms with Gasteiger partial charge in [0.2, 0.25) is 0 Å². The molecule has 1 aromatic carbocycles. The number of amides is 1. The summed E-state index contributed by atoms with van der Waals surface area (Å²) in [7, 11) is 0. The first-order valence-corrected chi connectivity index (χ1v) is 5.43. The molecule has 0 fully saturated rings. The topological polar surface area (TPSA) is 70.9 Å². The van der Waals surface area contributed by atoms with Crippen molar-refractivity contribution in [1.82, 2.24) is 4.98 Å². The van der Waals surface area contributed by atoms with E-state index < -0.39 is 5.91 Å². The summed E-state index contributed by atoms with van der Waals surface area (Å²) in [6.45, 7) is 0. The summed E-state index contributed by atoms with van der Waals surface area (Å²) in [6.07, 6.45) is 1.78. The molecular formula is C12H11N3OS. The van der Waals surface area contributed by atoms with Crippen molar-refractivity contribution in [3.05, 3.63) is 53.9 Å². The number of anilines is 1. The Labute approximate surface area is 104 Å². The number of primary amides is 1. The fourth-order valence-electron chi connectivity index (χ4n) is 1.47. The van der Waals surface area contributed by atoms with Gasteiger partial charge < -0.3 is 16.0 Å². The first-order valence-electron chi connectivity index (χ1n) is 5.02. The molecule has 17 heavy (non-hydrogen) atoms. The van der Waals surface area contributed by atoms with Crippen LogP contribution in [0, 0.1) is 0 Å². The highest BCUT2D eigenvalue weighted by atomic mass is 32.1. The molecule has 1 amide bonds. The van der Waals surface area contributed by atoms with Crippen molar-refractivity contribution in [3.63, 3.8) is 0 Å². The summed E-state index contributed by atoms with van der Waals surface area (Å²) in [5.41, 5.74) is 7.10. The van der Waals surface area contributed by atoms with Crippen molar-refractivity contribution in [1.29, 1.82) is 0 Å². The Balaban J connectivity index is 2.25. The van der Waals surface area contributed by atoms with Crippen LogP contribution in [0.25, 0.3) is 0 Å². The molecule has 2 aromatic rings. The molecule has 0 bridgehead atoms. The molecular weight excluding hydrogens is 234 g/mol. The lowest BCUT2D eigenvalue weighted by Gasteiger charge is -2.09. The van der Waals surface area contributed by atoms with Gasteiger partial charge in [-0.3, -0.25) is 4.79 Å². The van der Waals surface area contributed by atoms with E-state index in [1.165, 1.54) is 0 Å². The maximum Gasteiger partial charge on any atom is 0.250 e. The predicted molar refractivity (Wildman–Crippen MR) is 71.1 cm³/mol. The van der Waals surface area contributed by atoms with Gasteiger partial charge in [0.1, 0.15) is 4.99 Å². The summed E-state index contributed by atoms with van der Waals surface area (Å²) in [6, 6.07) is 10.7. The second kappa shape index (κ2) is 4.80. The molecule has 5 heteroatoms. The Morgan fingerprint density at radius 2 is 2.00 bits per heavy atom. The summed E-state index contributed by atoms with van der Waals surface area (Å²) in [4.78, 5) is 14.7. The quantitative estimate of drug-likeness (QED) is 0.723. The summed E-state index contributed by atoms with van der Waals surface area (Å²) >= 11 is 5.21. The number of thiocarbonyl (C=S) groups is 1. The van der Waals surface area contributed by atoms with Gasteiger partial charge in [0.05, 0.1) is 16.9 Å². The number of rotatable bonds is 3. The smallest absolute Gasteiger partial charge is 0.250 e. The van der Waals surface area contributed by atoms with Gasteiger partial charge in [-0.15, -0.1) is 0 Å². The maximum absolute atomic E-state index is 11.2. The molecule has 86 valence electrons. The zero-order valence-electron chi connectivity index (χ0n) is 8.94. The Morgan fingerprint density at radius 1 is 1.24 bits per heavy atom. The minimum atomic E-state index is -0.484. The van der Waals surface area contributed by atoms with E-state index in [0.717, 1.165) is 5.69 Å². The molecule has 0 aliphatic carbocycles. The van der Waals surface area contributed by atoms with Crippen molar-refractivity contribution in [2.24, 2.45) is 5.73 Å². The van der Waals surface area contributed by atoms with Gasteiger partial charge in [-0.1, -0.05) is 24.4 Å². The molecule has 2 rings (SSSR count). The van der Waals surface area contributed by atoms with E-state index in [1.807, 2.05) is 18.2 Å². The Hall–Kier alpha value is -2.14. The predicted octanol–water partition coefficient (Wildman–Crippen LogP) is 1.90. The van der Waals surface area contributed by atoms with E-state index in [-0.39, 0.29) is 0 Å². The number of carbonyl (C=O) groups is 1. The summed E-state index contributed by atoms with van der Waals surface area (Å²) < 4.78 is 0. The third-order valence-electron chi connectivity index (χ3n) is 2.28. The van der Waals surface area contributed by atoms with Gasteiger partial charge >= 0.3 is 0 Å². The van der Waals surface area contributed by atoms with Crippen molar-refractivity contribution in [3.8, 4) is 0 Å². The molecule has 4 N–H and O–H groups in total. The van der Waals surface area contributed by atoms with Crippen molar-refractivity contribution in [2.75, 3.05) is 5.32 Å². The maximum atomic E-state index is 11.2. The monoisotopic (exact) mass is 245 g/mol. The van der Waals surface area contributed by atoms with Crippen LogP contribution in [0.2, 0.25) is 0 Å². The van der Waals surface area contributed by atoms with Crippen molar-refractivity contribution in [2.45, 2.75) is 0 Å². The van der Waals surface area contributed by atoms with E-state index in [2.05, 4.69) is 10.3 Å². The third-order valence-corrected chi connectivity index (χ3v) is 2.61. The van der Waals surface area contributed by atoms with Gasteiger partial charge in [-0.05, 0) is 24.3 Å². The zero-order chi connectivity index (χ0) is 12.3. The first kappa shape index (κ1) is 11.3. The fraction of sp³-hybridized carbons (Fsp3) is 0. The number of nitrogens with two attached hydrogens (primary N) is 1. The van der Waals surface area contributed by atoms with E-state index >= 15 is 0 Å². The molecule has 0 radical (unpaired) electrons. The minimum absolute atomic E-state index is 0.418. The number of benzene rings is 1. The lowest BCUT2D eigenvalue weighted by Crippen LogP contribution is -2.17. The highest BCUT2D eigenvalue weighted by Crippen LogP contribution is 2.15. The van der Waals surface area contributed by atoms with Crippen molar-refractivity contribution < 1.29 is 4.79 Å². The molecule has 0 aliphatic rings. The lowest BCUT2D eigenvalue weighted by atomic mass is 10.1. The molecule has 4 nitrogen and oxygen atoms in total. The third kappa shape index (κ3) is 2.51. The van der Waals surface area contributed by atoms with E-state index in [9.17, 15) is 4.79 Å². The van der Waals surface area contributed by atoms with Crippen LogP contribution in [-0.4, -0.2) is 15.9 Å². The number of nitrogens with one attached hydrogen (secondary N) is 2. The molecule has 0 atom stereocenters. The number of para-hydroxylation sites is 1. The van der Waals surface area contributed by atoms with Crippen LogP contribution in [0.5, 0.6) is 0 Å². The van der Waals surface area contributed by atoms with Crippen LogP contribution in [0.3, 0.4) is 0 Å². The SMILES string of the molecule is NC(=O)c1ccccc1NC(=S)c1ccc[nH]1. The molecule has 1 aromatic heterocycles. The number of hydrogen-bond acceptors (Lipinski definition) is 2. The molecule has 0 spiro atoms. The Morgan fingerprint density at radius 3 is 2.65 bits per heavy atom. The molecule has 0 saturated carbocycles. The zero-order valence-corrected chi connectivity index (χ0v) is 9.75. The second-order valence-electron chi connectivity index (χ2n) is 3.45. The molecule has 1 heterocycles. The van der Waals surface area contributed by atoms with E-state index in [4.69, 9.17) is 18.0 Å². The van der Waals surface area contributed by atoms with E-state index in [1.54, 1.807) is 24.4 Å².